The molecule has 0 unspecified atom stereocenters. The van der Waals surface area contributed by atoms with E-state index in [0.717, 1.165) is 11.5 Å². The minimum absolute atomic E-state index is 0.439. The molecule has 0 aliphatic carbocycles. The number of halogens is 2. The monoisotopic (exact) mass is 255 g/mol. The van der Waals surface area contributed by atoms with Crippen molar-refractivity contribution >= 4 is 46.2 Å². The average molecular weight is 256 g/mol. The number of carbonyl (C=O) groups is 1. The van der Waals surface area contributed by atoms with Gasteiger partial charge in [-0.15, -0.1) is 0 Å². The largest absolute Gasteiger partial charge is 0.478 e. The van der Waals surface area contributed by atoms with Crippen LogP contribution in [0.4, 0.5) is 0 Å². The van der Waals surface area contributed by atoms with Gasteiger partial charge in [0.1, 0.15) is 0 Å². The summed E-state index contributed by atoms with van der Waals surface area (Å²) in [7, 11) is 0. The molecule has 0 bridgehead atoms. The number of aromatic nitrogens is 1. The molecule has 5 heteroatoms. The summed E-state index contributed by atoms with van der Waals surface area (Å²) in [6, 6.07) is 5.32. The molecular formula is C11H7Cl2NO2. The van der Waals surface area contributed by atoms with Crippen LogP contribution in [0.25, 0.3) is 17.0 Å². The first-order valence-corrected chi connectivity index (χ1v) is 5.21. The van der Waals surface area contributed by atoms with Crippen LogP contribution in [0.15, 0.2) is 24.3 Å². The molecule has 0 amide bonds. The Morgan fingerprint density at radius 3 is 2.81 bits per heavy atom. The van der Waals surface area contributed by atoms with Gasteiger partial charge in [0.25, 0.3) is 0 Å². The Morgan fingerprint density at radius 1 is 1.38 bits per heavy atom. The number of benzene rings is 1. The van der Waals surface area contributed by atoms with Crippen LogP contribution in [0.5, 0.6) is 0 Å². The highest BCUT2D eigenvalue weighted by Gasteiger charge is 2.06. The van der Waals surface area contributed by atoms with Crippen molar-refractivity contribution in [3.63, 3.8) is 0 Å². The van der Waals surface area contributed by atoms with E-state index in [1.165, 1.54) is 6.08 Å². The Morgan fingerprint density at radius 2 is 2.12 bits per heavy atom. The quantitative estimate of drug-likeness (QED) is 0.807. The third-order valence-corrected chi connectivity index (χ3v) is 2.92. The van der Waals surface area contributed by atoms with Crippen LogP contribution in [0.2, 0.25) is 10.0 Å². The van der Waals surface area contributed by atoms with Crippen molar-refractivity contribution in [2.75, 3.05) is 0 Å². The molecule has 0 aliphatic heterocycles. The van der Waals surface area contributed by atoms with Crippen LogP contribution in [-0.2, 0) is 4.79 Å². The fraction of sp³-hybridized carbons (Fsp3) is 0. The molecular weight excluding hydrogens is 249 g/mol. The van der Waals surface area contributed by atoms with E-state index in [2.05, 4.69) is 4.98 Å². The van der Waals surface area contributed by atoms with Gasteiger partial charge in [0.2, 0.25) is 0 Å². The number of fused-ring (bicyclic) bond motifs is 1. The fourth-order valence-corrected chi connectivity index (χ4v) is 1.79. The zero-order chi connectivity index (χ0) is 11.7. The van der Waals surface area contributed by atoms with Gasteiger partial charge in [-0.2, -0.15) is 0 Å². The Kier molecular flexibility index (Phi) is 2.90. The van der Waals surface area contributed by atoms with Gasteiger partial charge in [0, 0.05) is 17.2 Å². The lowest BCUT2D eigenvalue weighted by Crippen LogP contribution is -1.85. The third kappa shape index (κ3) is 2.05. The fourth-order valence-electron chi connectivity index (χ4n) is 1.41. The van der Waals surface area contributed by atoms with Crippen LogP contribution < -0.4 is 0 Å². The van der Waals surface area contributed by atoms with Crippen molar-refractivity contribution < 1.29 is 9.90 Å². The first kappa shape index (κ1) is 11.0. The van der Waals surface area contributed by atoms with E-state index in [-0.39, 0.29) is 0 Å². The number of carboxylic acids is 1. The van der Waals surface area contributed by atoms with Crippen LogP contribution in [0, 0.1) is 0 Å². The third-order valence-electron chi connectivity index (χ3n) is 2.11. The SMILES string of the molecule is O=C(O)/C=C/c1cc2ccc(Cl)c(Cl)c2[nH]1. The maximum Gasteiger partial charge on any atom is 0.328 e. The van der Waals surface area contributed by atoms with E-state index in [4.69, 9.17) is 28.3 Å². The maximum atomic E-state index is 10.4. The molecule has 0 radical (unpaired) electrons. The van der Waals surface area contributed by atoms with Crippen molar-refractivity contribution in [1.29, 1.82) is 0 Å². The Hall–Kier alpha value is -1.45. The molecule has 3 nitrogen and oxygen atoms in total. The van der Waals surface area contributed by atoms with E-state index in [0.29, 0.717) is 21.3 Å². The lowest BCUT2D eigenvalue weighted by atomic mass is 10.2. The molecule has 16 heavy (non-hydrogen) atoms. The second kappa shape index (κ2) is 4.20. The molecule has 0 saturated heterocycles. The zero-order valence-electron chi connectivity index (χ0n) is 8.00. The summed E-state index contributed by atoms with van der Waals surface area (Å²) < 4.78 is 0. The molecule has 2 rings (SSSR count). The van der Waals surface area contributed by atoms with Crippen molar-refractivity contribution in [1.82, 2.24) is 4.98 Å². The van der Waals surface area contributed by atoms with E-state index >= 15 is 0 Å². The average Bonchev–Trinajstić information content (AvgIpc) is 2.64. The molecule has 0 saturated carbocycles. The van der Waals surface area contributed by atoms with Gasteiger partial charge < -0.3 is 10.1 Å². The predicted molar refractivity (Wildman–Crippen MR) is 65.0 cm³/mol. The minimum Gasteiger partial charge on any atom is -0.478 e. The van der Waals surface area contributed by atoms with Crippen LogP contribution in [0.1, 0.15) is 5.69 Å². The maximum absolute atomic E-state index is 10.4. The standard InChI is InChI=1S/C11H7Cl2NO2/c12-8-3-1-6-5-7(2-4-9(15)16)14-11(6)10(8)13/h1-5,14H,(H,15,16)/b4-2+. The zero-order valence-corrected chi connectivity index (χ0v) is 9.51. The molecule has 0 fully saturated rings. The van der Waals surface area contributed by atoms with Crippen LogP contribution in [0.3, 0.4) is 0 Å². The molecule has 1 aromatic heterocycles. The highest BCUT2D eigenvalue weighted by atomic mass is 35.5. The lowest BCUT2D eigenvalue weighted by Gasteiger charge is -1.95. The summed E-state index contributed by atoms with van der Waals surface area (Å²) >= 11 is 11.9. The summed E-state index contributed by atoms with van der Waals surface area (Å²) in [4.78, 5) is 13.4. The second-order valence-electron chi connectivity index (χ2n) is 3.22. The Balaban J connectivity index is 2.52. The normalized spacial score (nSPS) is 11.4. The second-order valence-corrected chi connectivity index (χ2v) is 4.01. The number of rotatable bonds is 2. The van der Waals surface area contributed by atoms with Crippen LogP contribution >= 0.6 is 23.2 Å². The lowest BCUT2D eigenvalue weighted by molar-refractivity contribution is -0.131. The molecule has 0 spiro atoms. The van der Waals surface area contributed by atoms with Crippen molar-refractivity contribution in [3.8, 4) is 0 Å². The highest BCUT2D eigenvalue weighted by molar-refractivity contribution is 6.45. The summed E-state index contributed by atoms with van der Waals surface area (Å²) in [5.74, 6) is -0.997. The smallest absolute Gasteiger partial charge is 0.328 e. The van der Waals surface area contributed by atoms with E-state index in [1.54, 1.807) is 12.1 Å². The van der Waals surface area contributed by atoms with Gasteiger partial charge >= 0.3 is 5.97 Å². The van der Waals surface area contributed by atoms with Gasteiger partial charge in [-0.3, -0.25) is 0 Å². The summed E-state index contributed by atoms with van der Waals surface area (Å²) in [6.07, 6.45) is 2.52. The predicted octanol–water partition coefficient (Wildman–Crippen LogP) is 3.57. The van der Waals surface area contributed by atoms with Crippen molar-refractivity contribution in [2.45, 2.75) is 0 Å². The number of nitrogens with one attached hydrogen (secondary N) is 1. The van der Waals surface area contributed by atoms with Crippen molar-refractivity contribution in [2.24, 2.45) is 0 Å². The van der Waals surface area contributed by atoms with E-state index < -0.39 is 5.97 Å². The number of hydrogen-bond donors (Lipinski definition) is 2. The van der Waals surface area contributed by atoms with Gasteiger partial charge in [0.15, 0.2) is 0 Å². The number of carboxylic acid groups (broad SMARTS) is 1. The Labute approximate surface area is 101 Å². The molecule has 0 aliphatic rings. The van der Waals surface area contributed by atoms with E-state index in [1.807, 2.05) is 6.07 Å². The summed E-state index contributed by atoms with van der Waals surface area (Å²) in [6.45, 7) is 0. The van der Waals surface area contributed by atoms with Crippen molar-refractivity contribution in [3.05, 3.63) is 40.0 Å². The molecule has 2 N–H and O–H groups in total. The topological polar surface area (TPSA) is 53.1 Å². The van der Waals surface area contributed by atoms with E-state index in [9.17, 15) is 4.79 Å². The number of aromatic amines is 1. The number of hydrogen-bond acceptors (Lipinski definition) is 1. The minimum atomic E-state index is -0.997. The van der Waals surface area contributed by atoms with Gasteiger partial charge in [-0.1, -0.05) is 29.3 Å². The van der Waals surface area contributed by atoms with Crippen LogP contribution in [-0.4, -0.2) is 16.1 Å². The van der Waals surface area contributed by atoms with Gasteiger partial charge in [-0.25, -0.2) is 4.79 Å². The summed E-state index contributed by atoms with van der Waals surface area (Å²) in [5, 5.41) is 10.3. The summed E-state index contributed by atoms with van der Waals surface area (Å²) in [5.41, 5.74) is 1.38. The number of H-pyrrole nitrogens is 1. The molecule has 2 aromatic rings. The number of aliphatic carboxylic acids is 1. The van der Waals surface area contributed by atoms with Gasteiger partial charge in [0.05, 0.1) is 15.6 Å². The molecule has 0 atom stereocenters. The van der Waals surface area contributed by atoms with Gasteiger partial charge in [-0.05, 0) is 18.2 Å². The molecule has 1 aromatic carbocycles. The first-order valence-electron chi connectivity index (χ1n) is 4.45. The molecule has 82 valence electrons. The highest BCUT2D eigenvalue weighted by Crippen LogP contribution is 2.30. The molecule has 1 heterocycles. The Bertz CT molecular complexity index is 587. The first-order chi connectivity index (χ1) is 7.58.